The average Bonchev–Trinajstić information content (AvgIpc) is 2.54. The number of fused-ring (bicyclic) bond motifs is 2. The van der Waals surface area contributed by atoms with Crippen LogP contribution in [0.5, 0.6) is 0 Å². The zero-order chi connectivity index (χ0) is 13.1. The largest absolute Gasteiger partial charge is 0.385 e. The van der Waals surface area contributed by atoms with Crippen LogP contribution in [0.3, 0.4) is 0 Å². The lowest BCUT2D eigenvalue weighted by Gasteiger charge is -2.38. The predicted octanol–water partition coefficient (Wildman–Crippen LogP) is -0.0982. The first kappa shape index (κ1) is 13.0. The highest BCUT2D eigenvalue weighted by Gasteiger charge is 2.69. The number of carbonyl (C=O) groups is 1. The van der Waals surface area contributed by atoms with Gasteiger partial charge in [-0.2, -0.15) is 0 Å². The monoisotopic (exact) mass is 261 g/mol. The van der Waals surface area contributed by atoms with Gasteiger partial charge in [-0.05, 0) is 25.3 Å². The molecule has 0 aliphatic heterocycles. The molecular weight excluding hydrogens is 242 g/mol. The standard InChI is InChI=1S/C11H19NO4S/c1-10(2)7-4-5-11(10,9(14)8(7)13)6-17(15,16)12-3/h7,9,12,14H,4-6H2,1-3H3. The van der Waals surface area contributed by atoms with E-state index in [0.29, 0.717) is 12.8 Å². The van der Waals surface area contributed by atoms with Crippen molar-refractivity contribution >= 4 is 15.8 Å². The Kier molecular flexibility index (Phi) is 2.69. The molecule has 17 heavy (non-hydrogen) atoms. The highest BCUT2D eigenvalue weighted by Crippen LogP contribution is 2.64. The van der Waals surface area contributed by atoms with Gasteiger partial charge in [-0.1, -0.05) is 13.8 Å². The lowest BCUT2D eigenvalue weighted by atomic mass is 9.70. The second-order valence-electron chi connectivity index (χ2n) is 5.74. The topological polar surface area (TPSA) is 83.5 Å². The maximum Gasteiger partial charge on any atom is 0.212 e. The number of Topliss-reactive ketones (excluding diaryl/α,β-unsaturated/α-hetero) is 1. The fourth-order valence-corrected chi connectivity index (χ4v) is 5.13. The van der Waals surface area contributed by atoms with Crippen molar-refractivity contribution in [2.24, 2.45) is 16.7 Å². The van der Waals surface area contributed by atoms with Crippen molar-refractivity contribution in [3.8, 4) is 0 Å². The van der Waals surface area contributed by atoms with Crippen molar-refractivity contribution in [2.45, 2.75) is 32.8 Å². The smallest absolute Gasteiger partial charge is 0.212 e. The van der Waals surface area contributed by atoms with Crippen LogP contribution in [0.2, 0.25) is 0 Å². The minimum Gasteiger partial charge on any atom is -0.385 e. The SMILES string of the molecule is CNS(=O)(=O)CC12CCC(C(=O)C1O)C2(C)C. The Balaban J connectivity index is 2.45. The number of rotatable bonds is 3. The summed E-state index contributed by atoms with van der Waals surface area (Å²) >= 11 is 0. The lowest BCUT2D eigenvalue weighted by Crippen LogP contribution is -2.47. The summed E-state index contributed by atoms with van der Waals surface area (Å²) in [7, 11) is -2.08. The number of hydrogen-bond donors (Lipinski definition) is 2. The number of ketones is 1. The molecule has 0 saturated heterocycles. The summed E-state index contributed by atoms with van der Waals surface area (Å²) in [6.45, 7) is 3.79. The summed E-state index contributed by atoms with van der Waals surface area (Å²) < 4.78 is 25.8. The molecule has 0 aromatic rings. The van der Waals surface area contributed by atoms with E-state index in [1.54, 1.807) is 0 Å². The highest BCUT2D eigenvalue weighted by molar-refractivity contribution is 7.89. The molecule has 2 fully saturated rings. The van der Waals surface area contributed by atoms with E-state index >= 15 is 0 Å². The molecule has 3 unspecified atom stereocenters. The minimum atomic E-state index is -3.44. The Bertz CT molecular complexity index is 456. The molecule has 6 heteroatoms. The molecular formula is C11H19NO4S. The van der Waals surface area contributed by atoms with Gasteiger partial charge in [-0.3, -0.25) is 4.79 Å². The molecule has 0 heterocycles. The third kappa shape index (κ3) is 1.50. The summed E-state index contributed by atoms with van der Waals surface area (Å²) in [6, 6.07) is 0. The van der Waals surface area contributed by atoms with Gasteiger partial charge < -0.3 is 5.11 Å². The van der Waals surface area contributed by atoms with Crippen molar-refractivity contribution in [1.82, 2.24) is 4.72 Å². The summed E-state index contributed by atoms with van der Waals surface area (Å²) in [5.41, 5.74) is -1.27. The van der Waals surface area contributed by atoms with Gasteiger partial charge in [0, 0.05) is 11.3 Å². The second-order valence-corrected chi connectivity index (χ2v) is 7.66. The van der Waals surface area contributed by atoms with E-state index in [2.05, 4.69) is 4.72 Å². The molecule has 0 spiro atoms. The Morgan fingerprint density at radius 1 is 1.47 bits per heavy atom. The van der Waals surface area contributed by atoms with Crippen molar-refractivity contribution in [3.63, 3.8) is 0 Å². The zero-order valence-electron chi connectivity index (χ0n) is 10.4. The number of aliphatic hydroxyl groups excluding tert-OH is 1. The summed E-state index contributed by atoms with van der Waals surface area (Å²) in [5.74, 6) is -0.565. The van der Waals surface area contributed by atoms with Crippen molar-refractivity contribution in [1.29, 1.82) is 0 Å². The van der Waals surface area contributed by atoms with E-state index < -0.39 is 27.0 Å². The van der Waals surface area contributed by atoms with Gasteiger partial charge in [-0.15, -0.1) is 0 Å². The van der Waals surface area contributed by atoms with Crippen LogP contribution in [-0.2, 0) is 14.8 Å². The van der Waals surface area contributed by atoms with Crippen molar-refractivity contribution in [2.75, 3.05) is 12.8 Å². The Morgan fingerprint density at radius 3 is 2.47 bits per heavy atom. The van der Waals surface area contributed by atoms with Crippen LogP contribution >= 0.6 is 0 Å². The van der Waals surface area contributed by atoms with Gasteiger partial charge in [0.15, 0.2) is 5.78 Å². The predicted molar refractivity (Wildman–Crippen MR) is 62.8 cm³/mol. The Morgan fingerprint density at radius 2 is 2.06 bits per heavy atom. The maximum absolute atomic E-state index is 11.9. The quantitative estimate of drug-likeness (QED) is 0.743. The molecule has 2 aliphatic rings. The van der Waals surface area contributed by atoms with Crippen LogP contribution in [0, 0.1) is 16.7 Å². The van der Waals surface area contributed by atoms with Crippen LogP contribution in [-0.4, -0.2) is 38.2 Å². The molecule has 2 saturated carbocycles. The molecule has 0 aromatic heterocycles. The van der Waals surface area contributed by atoms with E-state index in [9.17, 15) is 18.3 Å². The first-order chi connectivity index (χ1) is 7.68. The van der Waals surface area contributed by atoms with E-state index in [1.807, 2.05) is 13.8 Å². The van der Waals surface area contributed by atoms with Crippen LogP contribution < -0.4 is 4.72 Å². The normalized spacial score (nSPS) is 39.9. The first-order valence-electron chi connectivity index (χ1n) is 5.81. The first-order valence-corrected chi connectivity index (χ1v) is 7.46. The van der Waals surface area contributed by atoms with Crippen LogP contribution in [0.15, 0.2) is 0 Å². The second kappa shape index (κ2) is 3.52. The molecule has 2 bridgehead atoms. The van der Waals surface area contributed by atoms with E-state index in [4.69, 9.17) is 0 Å². The number of nitrogens with one attached hydrogen (secondary N) is 1. The van der Waals surface area contributed by atoms with Gasteiger partial charge in [0.05, 0.1) is 5.75 Å². The average molecular weight is 261 g/mol. The van der Waals surface area contributed by atoms with E-state index in [-0.39, 0.29) is 17.5 Å². The number of sulfonamides is 1. The Labute approximate surface area is 102 Å². The number of carbonyl (C=O) groups excluding carboxylic acids is 1. The number of hydrogen-bond acceptors (Lipinski definition) is 4. The zero-order valence-corrected chi connectivity index (χ0v) is 11.2. The van der Waals surface area contributed by atoms with Gasteiger partial charge in [-0.25, -0.2) is 13.1 Å². The molecule has 0 amide bonds. The molecule has 2 aliphatic carbocycles. The van der Waals surface area contributed by atoms with Crippen LogP contribution in [0.1, 0.15) is 26.7 Å². The third-order valence-electron chi connectivity index (χ3n) is 4.93. The van der Waals surface area contributed by atoms with Crippen LogP contribution in [0.25, 0.3) is 0 Å². The van der Waals surface area contributed by atoms with Gasteiger partial charge in [0.2, 0.25) is 10.0 Å². The molecule has 0 aromatic carbocycles. The van der Waals surface area contributed by atoms with Gasteiger partial charge in [0.1, 0.15) is 6.10 Å². The molecule has 3 atom stereocenters. The van der Waals surface area contributed by atoms with Crippen molar-refractivity contribution in [3.05, 3.63) is 0 Å². The van der Waals surface area contributed by atoms with Crippen molar-refractivity contribution < 1.29 is 18.3 Å². The van der Waals surface area contributed by atoms with E-state index in [1.165, 1.54) is 7.05 Å². The number of aliphatic hydroxyl groups is 1. The highest BCUT2D eigenvalue weighted by atomic mass is 32.2. The Hall–Kier alpha value is -0.460. The van der Waals surface area contributed by atoms with Crippen LogP contribution in [0.4, 0.5) is 0 Å². The van der Waals surface area contributed by atoms with E-state index in [0.717, 1.165) is 0 Å². The van der Waals surface area contributed by atoms with Gasteiger partial charge in [0.25, 0.3) is 0 Å². The molecule has 0 radical (unpaired) electrons. The fourth-order valence-electron chi connectivity index (χ4n) is 3.63. The molecule has 5 nitrogen and oxygen atoms in total. The maximum atomic E-state index is 11.9. The minimum absolute atomic E-state index is 0.174. The van der Waals surface area contributed by atoms with Gasteiger partial charge >= 0.3 is 0 Å². The summed E-state index contributed by atoms with van der Waals surface area (Å²) in [4.78, 5) is 11.9. The summed E-state index contributed by atoms with van der Waals surface area (Å²) in [6.07, 6.45) is 0.139. The lowest BCUT2D eigenvalue weighted by molar-refractivity contribution is -0.132. The summed E-state index contributed by atoms with van der Waals surface area (Å²) in [5, 5.41) is 10.1. The third-order valence-corrected chi connectivity index (χ3v) is 6.45. The molecule has 2 N–H and O–H groups in total. The molecule has 98 valence electrons. The molecule has 2 rings (SSSR count). The fraction of sp³-hybridized carbons (Fsp3) is 0.909.